The van der Waals surface area contributed by atoms with Crippen LogP contribution in [0.5, 0.6) is 0 Å². The fourth-order valence-electron chi connectivity index (χ4n) is 11.4. The van der Waals surface area contributed by atoms with Crippen LogP contribution in [0, 0.1) is 58.7 Å². The molecule has 0 heterocycles. The topological polar surface area (TPSA) is 55.8 Å². The molecule has 234 valence electrons. The number of aryl methyl sites for hydroxylation is 1. The maximum atomic E-state index is 12.9. The molecule has 5 nitrogen and oxygen atoms in total. The average Bonchev–Trinajstić information content (AvgIpc) is 3.59. The van der Waals surface area contributed by atoms with Crippen LogP contribution in [-0.2, 0) is 20.7 Å². The molecule has 4 unspecified atom stereocenters. The van der Waals surface area contributed by atoms with Crippen LogP contribution in [0.2, 0.25) is 0 Å². The third-order valence-electron chi connectivity index (χ3n) is 13.5. The molecule has 0 saturated heterocycles. The zero-order chi connectivity index (χ0) is 30.2. The van der Waals surface area contributed by atoms with Crippen LogP contribution in [-0.4, -0.2) is 30.3 Å². The number of carbonyl (C=O) groups excluding carboxylic acids is 2. The number of terminal acetylenes is 1. The summed E-state index contributed by atoms with van der Waals surface area (Å²) >= 11 is 0. The summed E-state index contributed by atoms with van der Waals surface area (Å²) in [7, 11) is 0. The molecule has 1 aromatic rings. The Morgan fingerprint density at radius 3 is 2.63 bits per heavy atom. The molecule has 9 atom stereocenters. The zero-order valence-electron chi connectivity index (χ0n) is 26.8. The molecule has 0 bridgehead atoms. The highest BCUT2D eigenvalue weighted by atomic mass is 16.7. The van der Waals surface area contributed by atoms with Crippen molar-refractivity contribution < 1.29 is 19.1 Å². The number of amides is 1. The minimum atomic E-state index is -0.530. The van der Waals surface area contributed by atoms with Crippen LogP contribution < -0.4 is 0 Å². The molecule has 0 spiro atoms. The van der Waals surface area contributed by atoms with Gasteiger partial charge in [-0.2, -0.15) is 0 Å². The third kappa shape index (κ3) is 5.62. The standard InChI is InChI=1S/C38H53NO4/c1-5-24-39(34-19-14-27-10-6-7-12-29(27)34)36(41)43-25-42-35(40)20-13-26(2)31-17-18-32-30-16-15-28-11-8-9-22-37(28,3)33(30)21-23-38(31,32)4/h1,6-7,10,12,26,28,30-34H,8-9,11,13-25H2,2-4H3/t26-,28+,30?,31?,32?,33?,34-,37+,38-/m1/s1. The normalized spacial score (nSPS) is 36.7. The van der Waals surface area contributed by atoms with Crippen molar-refractivity contribution in [3.8, 4) is 12.3 Å². The monoisotopic (exact) mass is 587 g/mol. The van der Waals surface area contributed by atoms with E-state index in [0.717, 1.165) is 48.5 Å². The maximum absolute atomic E-state index is 12.9. The van der Waals surface area contributed by atoms with Crippen molar-refractivity contribution >= 4 is 12.1 Å². The summed E-state index contributed by atoms with van der Waals surface area (Å²) < 4.78 is 10.8. The first-order valence-corrected chi connectivity index (χ1v) is 17.4. The molecule has 5 heteroatoms. The van der Waals surface area contributed by atoms with Gasteiger partial charge in [0.15, 0.2) is 0 Å². The molecule has 0 aromatic heterocycles. The van der Waals surface area contributed by atoms with Gasteiger partial charge in [-0.3, -0.25) is 9.69 Å². The van der Waals surface area contributed by atoms with E-state index in [1.165, 1.54) is 69.8 Å². The van der Waals surface area contributed by atoms with Crippen molar-refractivity contribution in [1.29, 1.82) is 0 Å². The van der Waals surface area contributed by atoms with E-state index in [-0.39, 0.29) is 25.3 Å². The smallest absolute Gasteiger partial charge is 0.413 e. The molecular formula is C38H53NO4. The predicted molar refractivity (Wildman–Crippen MR) is 169 cm³/mol. The van der Waals surface area contributed by atoms with Crippen molar-refractivity contribution in [1.82, 2.24) is 4.90 Å². The molecule has 43 heavy (non-hydrogen) atoms. The number of ether oxygens (including phenoxy) is 2. The Labute approximate surface area is 259 Å². The Morgan fingerprint density at radius 1 is 0.977 bits per heavy atom. The van der Waals surface area contributed by atoms with Gasteiger partial charge < -0.3 is 9.47 Å². The Kier molecular flexibility index (Phi) is 8.87. The van der Waals surface area contributed by atoms with Crippen LogP contribution in [0.25, 0.3) is 0 Å². The summed E-state index contributed by atoms with van der Waals surface area (Å²) in [5, 5.41) is 0. The minimum absolute atomic E-state index is 0.108. The third-order valence-corrected chi connectivity index (χ3v) is 13.5. The van der Waals surface area contributed by atoms with Crippen molar-refractivity contribution in [2.45, 2.75) is 117 Å². The number of hydrogen-bond acceptors (Lipinski definition) is 4. The fraction of sp³-hybridized carbons (Fsp3) is 0.737. The summed E-state index contributed by atoms with van der Waals surface area (Å²) in [5.41, 5.74) is 3.34. The number of hydrogen-bond donors (Lipinski definition) is 0. The lowest BCUT2D eigenvalue weighted by Gasteiger charge is -2.61. The van der Waals surface area contributed by atoms with E-state index in [4.69, 9.17) is 15.9 Å². The number of esters is 1. The van der Waals surface area contributed by atoms with Gasteiger partial charge in [-0.25, -0.2) is 4.79 Å². The Hall–Kier alpha value is -2.48. The van der Waals surface area contributed by atoms with Crippen molar-refractivity contribution in [3.05, 3.63) is 35.4 Å². The van der Waals surface area contributed by atoms with E-state index in [1.54, 1.807) is 4.90 Å². The van der Waals surface area contributed by atoms with E-state index in [2.05, 4.69) is 32.8 Å². The lowest BCUT2D eigenvalue weighted by molar-refractivity contribution is -0.153. The van der Waals surface area contributed by atoms with Gasteiger partial charge in [0.05, 0.1) is 12.6 Å². The first-order valence-electron chi connectivity index (χ1n) is 17.4. The fourth-order valence-corrected chi connectivity index (χ4v) is 11.4. The highest BCUT2D eigenvalue weighted by molar-refractivity contribution is 5.71. The van der Waals surface area contributed by atoms with Crippen LogP contribution in [0.4, 0.5) is 4.79 Å². The summed E-state index contributed by atoms with van der Waals surface area (Å²) in [5.74, 6) is 7.10. The zero-order valence-corrected chi connectivity index (χ0v) is 26.8. The second-order valence-corrected chi connectivity index (χ2v) is 15.3. The number of nitrogens with zero attached hydrogens (tertiary/aromatic N) is 1. The van der Waals surface area contributed by atoms with E-state index in [9.17, 15) is 9.59 Å². The Bertz CT molecular complexity index is 1220. The van der Waals surface area contributed by atoms with Gasteiger partial charge in [-0.1, -0.05) is 63.8 Å². The van der Waals surface area contributed by atoms with Crippen LogP contribution in [0.1, 0.15) is 121 Å². The molecule has 4 saturated carbocycles. The van der Waals surface area contributed by atoms with Crippen molar-refractivity contribution in [2.24, 2.45) is 46.3 Å². The Morgan fingerprint density at radius 2 is 1.79 bits per heavy atom. The summed E-state index contributed by atoms with van der Waals surface area (Å²) in [4.78, 5) is 27.2. The molecule has 6 rings (SSSR count). The van der Waals surface area contributed by atoms with Gasteiger partial charge in [-0.15, -0.1) is 6.42 Å². The van der Waals surface area contributed by atoms with Gasteiger partial charge in [0.25, 0.3) is 0 Å². The lowest BCUT2D eigenvalue weighted by Crippen LogP contribution is -2.53. The van der Waals surface area contributed by atoms with E-state index < -0.39 is 6.09 Å². The molecule has 0 N–H and O–H groups in total. The van der Waals surface area contributed by atoms with Crippen LogP contribution in [0.3, 0.4) is 0 Å². The minimum Gasteiger partial charge on any atom is -0.428 e. The van der Waals surface area contributed by atoms with Crippen LogP contribution in [0.15, 0.2) is 24.3 Å². The highest BCUT2D eigenvalue weighted by Crippen LogP contribution is 2.68. The first kappa shape index (κ1) is 30.5. The van der Waals surface area contributed by atoms with Gasteiger partial charge in [0.2, 0.25) is 6.79 Å². The van der Waals surface area contributed by atoms with Gasteiger partial charge in [0.1, 0.15) is 0 Å². The van der Waals surface area contributed by atoms with Gasteiger partial charge >= 0.3 is 12.1 Å². The summed E-state index contributed by atoms with van der Waals surface area (Å²) in [6, 6.07) is 8.03. The first-order chi connectivity index (χ1) is 20.8. The lowest BCUT2D eigenvalue weighted by atomic mass is 9.44. The van der Waals surface area contributed by atoms with E-state index in [1.807, 2.05) is 18.2 Å². The molecule has 5 aliphatic carbocycles. The second-order valence-electron chi connectivity index (χ2n) is 15.3. The molecule has 0 aliphatic heterocycles. The molecule has 0 radical (unpaired) electrons. The number of fused-ring (bicyclic) bond motifs is 6. The molecule has 4 fully saturated rings. The number of benzene rings is 1. The number of carbonyl (C=O) groups is 2. The summed E-state index contributed by atoms with van der Waals surface area (Å²) in [6.07, 6.45) is 22.1. The quantitative estimate of drug-likeness (QED) is 0.173. The maximum Gasteiger partial charge on any atom is 0.413 e. The van der Waals surface area contributed by atoms with Crippen molar-refractivity contribution in [2.75, 3.05) is 13.3 Å². The average molecular weight is 588 g/mol. The molecule has 5 aliphatic rings. The largest absolute Gasteiger partial charge is 0.428 e. The number of rotatable bonds is 8. The van der Waals surface area contributed by atoms with Crippen LogP contribution >= 0.6 is 0 Å². The van der Waals surface area contributed by atoms with Gasteiger partial charge in [-0.05, 0) is 128 Å². The van der Waals surface area contributed by atoms with Gasteiger partial charge in [0, 0.05) is 6.42 Å². The molecule has 1 aromatic carbocycles. The summed E-state index contributed by atoms with van der Waals surface area (Å²) in [6.45, 7) is 7.40. The molecular weight excluding hydrogens is 534 g/mol. The second kappa shape index (κ2) is 12.5. The Balaban J connectivity index is 0.978. The predicted octanol–water partition coefficient (Wildman–Crippen LogP) is 8.71. The van der Waals surface area contributed by atoms with Crippen molar-refractivity contribution in [3.63, 3.8) is 0 Å². The highest BCUT2D eigenvalue weighted by Gasteiger charge is 2.60. The van der Waals surface area contributed by atoms with E-state index >= 15 is 0 Å². The SMILES string of the molecule is C#CCN(C(=O)OCOC(=O)CC[C@@H](C)C1CCC2C3CC[C@@H]4CCCC[C@]4(C)C3CC[C@@]21C)[C@@H]1CCc2ccccc21. The molecule has 1 amide bonds. The van der Waals surface area contributed by atoms with E-state index in [0.29, 0.717) is 29.1 Å².